The fourth-order valence-electron chi connectivity index (χ4n) is 2.26. The predicted molar refractivity (Wildman–Crippen MR) is 93.0 cm³/mol. The van der Waals surface area contributed by atoms with E-state index in [1.165, 1.54) is 23.0 Å². The summed E-state index contributed by atoms with van der Waals surface area (Å²) in [5.41, 5.74) is 1.59. The molecular weight excluding hydrogens is 330 g/mol. The van der Waals surface area contributed by atoms with Crippen molar-refractivity contribution in [2.24, 2.45) is 0 Å². The van der Waals surface area contributed by atoms with Crippen molar-refractivity contribution in [2.75, 3.05) is 0 Å². The smallest absolute Gasteiger partial charge is 0.334 e. The summed E-state index contributed by atoms with van der Waals surface area (Å²) in [6, 6.07) is 14.0. The Bertz CT molecular complexity index is 956. The van der Waals surface area contributed by atoms with Gasteiger partial charge in [0.2, 0.25) is 0 Å². The van der Waals surface area contributed by atoms with Crippen molar-refractivity contribution in [3.05, 3.63) is 51.8 Å². The number of carbonyl (C=O) groups is 2. The lowest BCUT2D eigenvalue weighted by Gasteiger charge is -2.09. The highest BCUT2D eigenvalue weighted by atomic mass is 32.1. The molecule has 0 fully saturated rings. The number of aromatic nitrogens is 1. The Morgan fingerprint density at radius 3 is 2.65 bits per heavy atom. The summed E-state index contributed by atoms with van der Waals surface area (Å²) in [7, 11) is 0. The molecule has 1 aromatic heterocycles. The van der Waals surface area contributed by atoms with E-state index in [4.69, 9.17) is 17.1 Å². The fraction of sp³-hybridized carbons (Fsp3) is 0.118. The minimum absolute atomic E-state index is 0.246. The van der Waals surface area contributed by atoms with Crippen LogP contribution in [0.4, 0.5) is 0 Å². The van der Waals surface area contributed by atoms with Gasteiger partial charge in [-0.1, -0.05) is 36.4 Å². The summed E-state index contributed by atoms with van der Waals surface area (Å²) < 4.78 is 1.74. The second-order valence-corrected chi connectivity index (χ2v) is 6.59. The molecular formula is C17H13NO3S2. The largest absolute Gasteiger partial charge is 0.340 e. The SMILES string of the molecule is CC(=O)CC(=O)On1c(-c2ccc3ccccc3c2)csc1=S. The molecule has 0 aliphatic rings. The number of hydrogen-bond acceptors (Lipinski definition) is 5. The summed E-state index contributed by atoms with van der Waals surface area (Å²) >= 11 is 6.53. The van der Waals surface area contributed by atoms with Crippen molar-refractivity contribution < 1.29 is 14.4 Å². The third-order valence-corrected chi connectivity index (χ3v) is 4.45. The molecule has 0 unspecified atom stereocenters. The number of thiazole rings is 1. The van der Waals surface area contributed by atoms with Crippen LogP contribution >= 0.6 is 23.6 Å². The highest BCUT2D eigenvalue weighted by molar-refractivity contribution is 7.73. The monoisotopic (exact) mass is 343 g/mol. The molecule has 0 aliphatic heterocycles. The zero-order valence-corrected chi connectivity index (χ0v) is 13.9. The van der Waals surface area contributed by atoms with Crippen molar-refractivity contribution in [3.63, 3.8) is 0 Å². The minimum Gasteiger partial charge on any atom is -0.334 e. The Labute approximate surface area is 141 Å². The summed E-state index contributed by atoms with van der Waals surface area (Å²) in [6.07, 6.45) is -0.269. The topological polar surface area (TPSA) is 48.3 Å². The second-order valence-electron chi connectivity index (χ2n) is 5.09. The van der Waals surface area contributed by atoms with Crippen molar-refractivity contribution in [1.82, 2.24) is 4.73 Å². The molecule has 0 aliphatic carbocycles. The lowest BCUT2D eigenvalue weighted by atomic mass is 10.1. The molecule has 23 heavy (non-hydrogen) atoms. The summed E-state index contributed by atoms with van der Waals surface area (Å²) in [6.45, 7) is 1.35. The molecule has 1 heterocycles. The lowest BCUT2D eigenvalue weighted by Crippen LogP contribution is -2.22. The van der Waals surface area contributed by atoms with Gasteiger partial charge in [0.05, 0.1) is 0 Å². The van der Waals surface area contributed by atoms with Crippen molar-refractivity contribution in [1.29, 1.82) is 0 Å². The van der Waals surface area contributed by atoms with Gasteiger partial charge >= 0.3 is 5.97 Å². The number of fused-ring (bicyclic) bond motifs is 1. The van der Waals surface area contributed by atoms with Gasteiger partial charge in [-0.15, -0.1) is 11.3 Å². The molecule has 0 atom stereocenters. The Morgan fingerprint density at radius 1 is 1.17 bits per heavy atom. The molecule has 0 N–H and O–H groups in total. The molecule has 0 amide bonds. The van der Waals surface area contributed by atoms with Crippen LogP contribution in [-0.2, 0) is 9.59 Å². The van der Waals surface area contributed by atoms with Crippen LogP contribution in [0.1, 0.15) is 13.3 Å². The average molecular weight is 343 g/mol. The van der Waals surface area contributed by atoms with Crippen LogP contribution in [0.25, 0.3) is 22.0 Å². The highest BCUT2D eigenvalue weighted by Crippen LogP contribution is 2.26. The maximum Gasteiger partial charge on any atom is 0.340 e. The lowest BCUT2D eigenvalue weighted by molar-refractivity contribution is -0.146. The third kappa shape index (κ3) is 3.38. The van der Waals surface area contributed by atoms with Crippen LogP contribution in [0.2, 0.25) is 0 Å². The maximum absolute atomic E-state index is 11.8. The molecule has 2 aromatic carbocycles. The summed E-state index contributed by atoms with van der Waals surface area (Å²) in [4.78, 5) is 28.1. The molecule has 3 aromatic rings. The number of hydrogen-bond donors (Lipinski definition) is 0. The van der Waals surface area contributed by atoms with E-state index in [0.717, 1.165) is 16.3 Å². The van der Waals surface area contributed by atoms with Gasteiger partial charge < -0.3 is 4.84 Å². The van der Waals surface area contributed by atoms with Gasteiger partial charge in [0, 0.05) is 10.9 Å². The van der Waals surface area contributed by atoms with E-state index in [1.807, 2.05) is 47.8 Å². The zero-order chi connectivity index (χ0) is 16.4. The van der Waals surface area contributed by atoms with Gasteiger partial charge in [0.15, 0.2) is 3.95 Å². The molecule has 3 rings (SSSR count). The van der Waals surface area contributed by atoms with Gasteiger partial charge in [-0.25, -0.2) is 4.79 Å². The maximum atomic E-state index is 11.8. The predicted octanol–water partition coefficient (Wildman–Crippen LogP) is 4.03. The van der Waals surface area contributed by atoms with Gasteiger partial charge in [-0.2, -0.15) is 4.73 Å². The Hall–Kier alpha value is -2.31. The number of carbonyl (C=O) groups excluding carboxylic acids is 2. The van der Waals surface area contributed by atoms with Crippen LogP contribution < -0.4 is 4.84 Å². The first-order chi connectivity index (χ1) is 11.0. The Balaban J connectivity index is 2.00. The molecule has 116 valence electrons. The Morgan fingerprint density at radius 2 is 1.91 bits per heavy atom. The van der Waals surface area contributed by atoms with Crippen LogP contribution in [-0.4, -0.2) is 16.5 Å². The van der Waals surface area contributed by atoms with Crippen LogP contribution in [0.15, 0.2) is 47.8 Å². The van der Waals surface area contributed by atoms with Crippen molar-refractivity contribution in [3.8, 4) is 11.3 Å². The normalized spacial score (nSPS) is 10.7. The van der Waals surface area contributed by atoms with Crippen molar-refractivity contribution >= 4 is 46.1 Å². The van der Waals surface area contributed by atoms with E-state index < -0.39 is 5.97 Å². The minimum atomic E-state index is -0.617. The number of Topliss-reactive ketones (excluding diaryl/α,β-unsaturated/α-hetero) is 1. The van der Waals surface area contributed by atoms with Crippen LogP contribution in [0.3, 0.4) is 0 Å². The van der Waals surface area contributed by atoms with E-state index in [0.29, 0.717) is 9.65 Å². The number of rotatable bonds is 4. The zero-order valence-electron chi connectivity index (χ0n) is 12.3. The van der Waals surface area contributed by atoms with Crippen LogP contribution in [0.5, 0.6) is 0 Å². The van der Waals surface area contributed by atoms with E-state index in [-0.39, 0.29) is 12.2 Å². The van der Waals surface area contributed by atoms with E-state index in [9.17, 15) is 9.59 Å². The molecule has 0 bridgehead atoms. The summed E-state index contributed by atoms with van der Waals surface area (Å²) in [5.74, 6) is -0.863. The molecule has 0 radical (unpaired) electrons. The average Bonchev–Trinajstić information content (AvgIpc) is 2.87. The molecule has 4 nitrogen and oxygen atoms in total. The van der Waals surface area contributed by atoms with Crippen LogP contribution in [0, 0.1) is 3.95 Å². The van der Waals surface area contributed by atoms with Crippen molar-refractivity contribution in [2.45, 2.75) is 13.3 Å². The van der Waals surface area contributed by atoms with E-state index >= 15 is 0 Å². The number of benzene rings is 2. The van der Waals surface area contributed by atoms with E-state index in [2.05, 4.69) is 0 Å². The standard InChI is InChI=1S/C17H13NO3S2/c1-11(19)8-16(20)21-18-15(10-23-17(18)22)14-7-6-12-4-2-3-5-13(12)9-14/h2-7,9-10H,8H2,1H3. The third-order valence-electron chi connectivity index (χ3n) is 3.29. The first-order valence-electron chi connectivity index (χ1n) is 6.95. The molecule has 0 saturated carbocycles. The fourth-order valence-corrected chi connectivity index (χ4v) is 3.21. The highest BCUT2D eigenvalue weighted by Gasteiger charge is 2.14. The van der Waals surface area contributed by atoms with Gasteiger partial charge in [-0.05, 0) is 36.0 Å². The number of nitrogens with zero attached hydrogens (tertiary/aromatic N) is 1. The van der Waals surface area contributed by atoms with Gasteiger partial charge in [-0.3, -0.25) is 4.79 Å². The quantitative estimate of drug-likeness (QED) is 0.530. The van der Waals surface area contributed by atoms with Gasteiger partial charge in [0.25, 0.3) is 0 Å². The van der Waals surface area contributed by atoms with E-state index in [1.54, 1.807) is 0 Å². The first kappa shape index (κ1) is 15.6. The molecule has 0 spiro atoms. The first-order valence-corrected chi connectivity index (χ1v) is 8.24. The molecule has 6 heteroatoms. The number of ketones is 1. The Kier molecular flexibility index (Phi) is 4.36. The van der Waals surface area contributed by atoms with Gasteiger partial charge in [0.1, 0.15) is 17.9 Å². The molecule has 0 saturated heterocycles. The summed E-state index contributed by atoms with van der Waals surface area (Å²) in [5, 5.41) is 4.06. The second kappa shape index (κ2) is 6.44.